The topological polar surface area (TPSA) is 50.2 Å². The number of halogens is 3. The first kappa shape index (κ1) is 12.0. The predicted octanol–water partition coefficient (Wildman–Crippen LogP) is 2.92. The summed E-state index contributed by atoms with van der Waals surface area (Å²) in [7, 11) is 0. The fourth-order valence-electron chi connectivity index (χ4n) is 1.25. The lowest BCUT2D eigenvalue weighted by atomic mass is 10.0. The number of hydrogen-bond donors (Lipinski definition) is 1. The van der Waals surface area contributed by atoms with Gasteiger partial charge in [-0.05, 0) is 12.5 Å². The minimum Gasteiger partial charge on any atom is -0.478 e. The van der Waals surface area contributed by atoms with Crippen LogP contribution < -0.4 is 0 Å². The van der Waals surface area contributed by atoms with Gasteiger partial charge in [-0.3, -0.25) is 4.98 Å². The van der Waals surface area contributed by atoms with Crippen LogP contribution in [0.15, 0.2) is 6.20 Å². The van der Waals surface area contributed by atoms with Crippen LogP contribution in [0.2, 0.25) is 0 Å². The lowest BCUT2D eigenvalue weighted by Gasteiger charge is -2.11. The van der Waals surface area contributed by atoms with E-state index in [4.69, 9.17) is 5.11 Å². The molecule has 1 heterocycles. The van der Waals surface area contributed by atoms with Crippen molar-refractivity contribution in [3.8, 4) is 0 Å². The van der Waals surface area contributed by atoms with Crippen LogP contribution in [-0.4, -0.2) is 16.1 Å². The molecule has 0 saturated carbocycles. The van der Waals surface area contributed by atoms with Crippen molar-refractivity contribution < 1.29 is 18.7 Å². The van der Waals surface area contributed by atoms with E-state index >= 15 is 0 Å². The zero-order valence-electron chi connectivity index (χ0n) is 7.80. The van der Waals surface area contributed by atoms with Gasteiger partial charge in [-0.15, -0.1) is 0 Å². The van der Waals surface area contributed by atoms with Crippen molar-refractivity contribution in [3.05, 3.63) is 28.6 Å². The first-order valence-corrected chi connectivity index (χ1v) is 5.17. The fraction of sp³-hybridized carbons (Fsp3) is 0.333. The fourth-order valence-corrected chi connectivity index (χ4v) is 1.96. The van der Waals surface area contributed by atoms with Crippen LogP contribution in [0.25, 0.3) is 0 Å². The second kappa shape index (κ2) is 4.65. The van der Waals surface area contributed by atoms with E-state index < -0.39 is 23.5 Å². The molecule has 0 aliphatic carbocycles. The Bertz CT molecular complexity index is 396. The molecule has 1 N–H and O–H groups in total. The van der Waals surface area contributed by atoms with Gasteiger partial charge in [-0.2, -0.15) is 0 Å². The zero-order valence-corrected chi connectivity index (χ0v) is 9.38. The molecule has 0 spiro atoms. The monoisotopic (exact) mass is 279 g/mol. The van der Waals surface area contributed by atoms with Crippen molar-refractivity contribution in [1.82, 2.24) is 4.98 Å². The lowest BCUT2D eigenvalue weighted by Crippen LogP contribution is -2.09. The number of pyridine rings is 1. The van der Waals surface area contributed by atoms with Gasteiger partial charge in [0.15, 0.2) is 0 Å². The summed E-state index contributed by atoms with van der Waals surface area (Å²) in [6.07, 6.45) is -1.85. The molecular formula is C9H8BrF2NO2. The summed E-state index contributed by atoms with van der Waals surface area (Å²) in [5, 5.41) is 8.90. The van der Waals surface area contributed by atoms with Crippen LogP contribution in [0.1, 0.15) is 33.6 Å². The van der Waals surface area contributed by atoms with Crippen LogP contribution in [0.3, 0.4) is 0 Å². The minimum atomic E-state index is -2.81. The van der Waals surface area contributed by atoms with Gasteiger partial charge in [0.2, 0.25) is 0 Å². The van der Waals surface area contributed by atoms with Crippen molar-refractivity contribution >= 4 is 21.9 Å². The van der Waals surface area contributed by atoms with Crippen molar-refractivity contribution in [1.29, 1.82) is 0 Å². The molecule has 0 aliphatic heterocycles. The van der Waals surface area contributed by atoms with E-state index in [1.165, 1.54) is 0 Å². The number of aromatic carboxylic acids is 1. The Morgan fingerprint density at radius 3 is 2.67 bits per heavy atom. The molecular weight excluding hydrogens is 272 g/mol. The first-order valence-electron chi connectivity index (χ1n) is 4.04. The van der Waals surface area contributed by atoms with E-state index in [-0.39, 0.29) is 10.9 Å². The third-order valence-electron chi connectivity index (χ3n) is 2.02. The number of aryl methyl sites for hydroxylation is 1. The highest BCUT2D eigenvalue weighted by molar-refractivity contribution is 9.08. The van der Waals surface area contributed by atoms with Gasteiger partial charge in [-0.1, -0.05) is 15.9 Å². The highest BCUT2D eigenvalue weighted by Gasteiger charge is 2.23. The third-order valence-corrected chi connectivity index (χ3v) is 2.58. The van der Waals surface area contributed by atoms with E-state index in [0.29, 0.717) is 5.69 Å². The molecule has 0 saturated heterocycles. The molecule has 0 fully saturated rings. The Hall–Kier alpha value is -1.04. The lowest BCUT2D eigenvalue weighted by molar-refractivity contribution is 0.0683. The number of aromatic nitrogens is 1. The van der Waals surface area contributed by atoms with Gasteiger partial charge < -0.3 is 5.11 Å². The van der Waals surface area contributed by atoms with Gasteiger partial charge >= 0.3 is 5.97 Å². The van der Waals surface area contributed by atoms with Crippen LogP contribution in [0.5, 0.6) is 0 Å². The first-order chi connectivity index (χ1) is 6.99. The summed E-state index contributed by atoms with van der Waals surface area (Å²) in [5.74, 6) is -1.39. The number of carboxylic acids is 1. The second-order valence-corrected chi connectivity index (χ2v) is 3.45. The normalized spacial score (nSPS) is 10.7. The number of nitrogens with zero attached hydrogens (tertiary/aromatic N) is 1. The van der Waals surface area contributed by atoms with E-state index in [1.807, 2.05) is 0 Å². The smallest absolute Gasteiger partial charge is 0.337 e. The summed E-state index contributed by atoms with van der Waals surface area (Å²) in [4.78, 5) is 14.5. The second-order valence-electron chi connectivity index (χ2n) is 2.89. The highest BCUT2D eigenvalue weighted by atomic mass is 79.9. The number of carboxylic acid groups (broad SMARTS) is 1. The predicted molar refractivity (Wildman–Crippen MR) is 53.5 cm³/mol. The van der Waals surface area contributed by atoms with Crippen molar-refractivity contribution in [2.45, 2.75) is 18.7 Å². The van der Waals surface area contributed by atoms with Gasteiger partial charge in [0.1, 0.15) is 0 Å². The maximum absolute atomic E-state index is 12.7. The van der Waals surface area contributed by atoms with Crippen molar-refractivity contribution in [2.75, 3.05) is 0 Å². The van der Waals surface area contributed by atoms with E-state index in [9.17, 15) is 13.6 Å². The number of rotatable bonds is 3. The number of carbonyl (C=O) groups is 1. The van der Waals surface area contributed by atoms with Gasteiger partial charge in [0.05, 0.1) is 5.56 Å². The molecule has 0 radical (unpaired) electrons. The molecule has 0 aromatic carbocycles. The Labute approximate surface area is 93.3 Å². The summed E-state index contributed by atoms with van der Waals surface area (Å²) in [6, 6.07) is 0. The Kier molecular flexibility index (Phi) is 3.73. The van der Waals surface area contributed by atoms with Crippen LogP contribution in [0.4, 0.5) is 8.78 Å². The molecule has 82 valence electrons. The molecule has 1 rings (SSSR count). The van der Waals surface area contributed by atoms with Gasteiger partial charge in [0, 0.05) is 22.8 Å². The minimum absolute atomic E-state index is 0.159. The number of alkyl halides is 3. The highest BCUT2D eigenvalue weighted by Crippen LogP contribution is 2.29. The standard InChI is InChI=1S/C9H8BrF2NO2/c1-4-5(2-10)7(8(11)12)6(3-13-4)9(14)15/h3,8H,2H2,1H3,(H,14,15). The van der Waals surface area contributed by atoms with E-state index in [1.54, 1.807) is 6.92 Å². The average Bonchev–Trinajstić information content (AvgIpc) is 2.16. The largest absolute Gasteiger partial charge is 0.478 e. The molecule has 15 heavy (non-hydrogen) atoms. The molecule has 1 aromatic heterocycles. The van der Waals surface area contributed by atoms with Crippen LogP contribution in [0, 0.1) is 6.92 Å². The summed E-state index contributed by atoms with van der Waals surface area (Å²) >= 11 is 3.04. The molecule has 0 bridgehead atoms. The van der Waals surface area contributed by atoms with Crippen LogP contribution >= 0.6 is 15.9 Å². The molecule has 1 aromatic rings. The Morgan fingerprint density at radius 1 is 1.67 bits per heavy atom. The molecule has 0 aliphatic rings. The van der Waals surface area contributed by atoms with Crippen LogP contribution in [-0.2, 0) is 5.33 Å². The zero-order chi connectivity index (χ0) is 11.6. The summed E-state index contributed by atoms with van der Waals surface area (Å²) in [5.41, 5.74) is -0.242. The maximum atomic E-state index is 12.7. The molecule has 0 atom stereocenters. The van der Waals surface area contributed by atoms with Gasteiger partial charge in [-0.25, -0.2) is 13.6 Å². The Morgan fingerprint density at radius 2 is 2.27 bits per heavy atom. The summed E-state index contributed by atoms with van der Waals surface area (Å²) in [6.45, 7) is 1.56. The average molecular weight is 280 g/mol. The molecule has 0 amide bonds. The third kappa shape index (κ3) is 2.31. The van der Waals surface area contributed by atoms with Gasteiger partial charge in [0.25, 0.3) is 6.43 Å². The van der Waals surface area contributed by atoms with E-state index in [2.05, 4.69) is 20.9 Å². The van der Waals surface area contributed by atoms with Crippen molar-refractivity contribution in [3.63, 3.8) is 0 Å². The molecule has 0 unspecified atom stereocenters. The van der Waals surface area contributed by atoms with E-state index in [0.717, 1.165) is 6.20 Å². The number of hydrogen-bond acceptors (Lipinski definition) is 2. The quantitative estimate of drug-likeness (QED) is 0.866. The Balaban J connectivity index is 3.49. The maximum Gasteiger partial charge on any atom is 0.337 e. The molecule has 3 nitrogen and oxygen atoms in total. The SMILES string of the molecule is Cc1ncc(C(=O)O)c(C(F)F)c1CBr. The van der Waals surface area contributed by atoms with Crippen molar-refractivity contribution in [2.24, 2.45) is 0 Å². The summed E-state index contributed by atoms with van der Waals surface area (Å²) < 4.78 is 25.4. The molecule has 6 heteroatoms.